The fourth-order valence-corrected chi connectivity index (χ4v) is 13.6. The van der Waals surface area contributed by atoms with E-state index in [2.05, 4.69) is 39.3 Å². The Kier molecular flexibility index (Phi) is 6.48. The van der Waals surface area contributed by atoms with Crippen LogP contribution in [-0.2, 0) is 14.4 Å². The Balaban J connectivity index is 3.03. The first-order valence-electron chi connectivity index (χ1n) is 7.87. The van der Waals surface area contributed by atoms with Crippen molar-refractivity contribution in [1.82, 2.24) is 0 Å². The first kappa shape index (κ1) is 21.4. The summed E-state index contributed by atoms with van der Waals surface area (Å²) in [5.41, 5.74) is 2.00. The molecule has 24 heavy (non-hydrogen) atoms. The lowest BCUT2D eigenvalue weighted by molar-refractivity contribution is -0.137. The van der Waals surface area contributed by atoms with Crippen LogP contribution in [0.15, 0.2) is 30.0 Å². The molecule has 0 radical (unpaired) electrons. The molecule has 0 spiro atoms. The van der Waals surface area contributed by atoms with Gasteiger partial charge in [0.15, 0.2) is 16.6 Å². The fourth-order valence-electron chi connectivity index (χ4n) is 2.34. The molecule has 0 N–H and O–H groups in total. The minimum Gasteiger partial charge on any atom is -0.434 e. The van der Waals surface area contributed by atoms with E-state index in [0.29, 0.717) is 5.56 Å². The molecule has 0 aliphatic rings. The van der Waals surface area contributed by atoms with Crippen LogP contribution < -0.4 is 0 Å². The Morgan fingerprint density at radius 1 is 0.792 bits per heavy atom. The SMILES string of the molecule is C[Si](C)(C)O[Si](C)(/C=C/c1ccc(C(F)(F)F)cc1)O[Si](C)(C)C. The summed E-state index contributed by atoms with van der Waals surface area (Å²) in [4.78, 5) is 0. The molecule has 0 saturated heterocycles. The maximum absolute atomic E-state index is 12.6. The van der Waals surface area contributed by atoms with Gasteiger partial charge >= 0.3 is 14.7 Å². The van der Waals surface area contributed by atoms with Gasteiger partial charge in [0, 0.05) is 0 Å². The van der Waals surface area contributed by atoms with Crippen LogP contribution in [0, 0.1) is 0 Å². The molecule has 0 aromatic heterocycles. The topological polar surface area (TPSA) is 18.5 Å². The molecule has 2 nitrogen and oxygen atoms in total. The molecule has 1 aromatic rings. The highest BCUT2D eigenvalue weighted by atomic mass is 28.5. The van der Waals surface area contributed by atoms with Crippen molar-refractivity contribution in [3.8, 4) is 0 Å². The van der Waals surface area contributed by atoms with Crippen LogP contribution in [0.5, 0.6) is 0 Å². The van der Waals surface area contributed by atoms with Crippen molar-refractivity contribution in [2.75, 3.05) is 0 Å². The molecular weight excluding hydrogens is 365 g/mol. The highest BCUT2D eigenvalue weighted by molar-refractivity contribution is 6.90. The number of hydrogen-bond acceptors (Lipinski definition) is 2. The summed E-state index contributed by atoms with van der Waals surface area (Å²) in [6.07, 6.45) is -2.50. The van der Waals surface area contributed by atoms with Crippen molar-refractivity contribution < 1.29 is 21.4 Å². The van der Waals surface area contributed by atoms with Crippen LogP contribution >= 0.6 is 0 Å². The summed E-state index contributed by atoms with van der Waals surface area (Å²) >= 11 is 0. The molecular formula is C16H27F3O2Si3. The summed E-state index contributed by atoms with van der Waals surface area (Å²) < 4.78 is 50.5. The van der Waals surface area contributed by atoms with Gasteiger partial charge in [0.25, 0.3) is 0 Å². The lowest BCUT2D eigenvalue weighted by Gasteiger charge is -2.36. The second-order valence-electron chi connectivity index (χ2n) is 7.90. The minimum absolute atomic E-state index is 0.642. The minimum atomic E-state index is -4.31. The Labute approximate surface area is 146 Å². The van der Waals surface area contributed by atoms with E-state index in [1.54, 1.807) is 0 Å². The van der Waals surface area contributed by atoms with Crippen molar-refractivity contribution in [1.29, 1.82) is 0 Å². The van der Waals surface area contributed by atoms with Crippen LogP contribution in [0.4, 0.5) is 13.2 Å². The van der Waals surface area contributed by atoms with Crippen LogP contribution in [-0.4, -0.2) is 25.2 Å². The van der Waals surface area contributed by atoms with Crippen LogP contribution in [0.1, 0.15) is 11.1 Å². The molecule has 0 heterocycles. The zero-order chi connectivity index (χ0) is 18.8. The van der Waals surface area contributed by atoms with Crippen LogP contribution in [0.25, 0.3) is 6.08 Å². The molecule has 8 heteroatoms. The standard InChI is InChI=1S/C16H27F3O2Si3/c1-22(2,3)20-24(7,21-23(4,5)6)13-12-14-8-10-15(11-9-14)16(17,18)19/h8-13H,1-7H3/b13-12+. The van der Waals surface area contributed by atoms with Gasteiger partial charge in [0.05, 0.1) is 5.56 Å². The lowest BCUT2D eigenvalue weighted by Crippen LogP contribution is -2.51. The molecule has 136 valence electrons. The third kappa shape index (κ3) is 7.93. The summed E-state index contributed by atoms with van der Waals surface area (Å²) in [7, 11) is -6.14. The maximum Gasteiger partial charge on any atom is 0.416 e. The Morgan fingerprint density at radius 2 is 1.21 bits per heavy atom. The van der Waals surface area contributed by atoms with Crippen LogP contribution in [0.2, 0.25) is 45.8 Å². The highest BCUT2D eigenvalue weighted by Gasteiger charge is 2.38. The van der Waals surface area contributed by atoms with Crippen molar-refractivity contribution >= 4 is 31.3 Å². The third-order valence-corrected chi connectivity index (χ3v) is 11.7. The molecule has 0 amide bonds. The number of hydrogen-bond donors (Lipinski definition) is 0. The molecule has 0 aliphatic heterocycles. The molecule has 0 bridgehead atoms. The average molecular weight is 393 g/mol. The van der Waals surface area contributed by atoms with E-state index in [1.165, 1.54) is 12.1 Å². The van der Waals surface area contributed by atoms with Crippen molar-refractivity contribution in [3.63, 3.8) is 0 Å². The van der Waals surface area contributed by atoms with Gasteiger partial charge in [-0.15, -0.1) is 0 Å². The second kappa shape index (κ2) is 7.28. The maximum atomic E-state index is 12.6. The molecule has 0 fully saturated rings. The van der Waals surface area contributed by atoms with E-state index in [9.17, 15) is 13.2 Å². The van der Waals surface area contributed by atoms with Crippen molar-refractivity contribution in [3.05, 3.63) is 41.1 Å². The second-order valence-corrected chi connectivity index (χ2v) is 20.3. The fraction of sp³-hybridized carbons (Fsp3) is 0.500. The average Bonchev–Trinajstić information content (AvgIpc) is 2.31. The van der Waals surface area contributed by atoms with E-state index >= 15 is 0 Å². The summed E-state index contributed by atoms with van der Waals surface area (Å²) in [6.45, 7) is 14.7. The van der Waals surface area contributed by atoms with E-state index in [0.717, 1.165) is 12.1 Å². The Hall–Kier alpha value is -0.679. The number of halogens is 3. The molecule has 1 aromatic carbocycles. The number of alkyl halides is 3. The summed E-state index contributed by atoms with van der Waals surface area (Å²) in [6, 6.07) is 5.13. The summed E-state index contributed by atoms with van der Waals surface area (Å²) in [5.74, 6) is 0. The van der Waals surface area contributed by atoms with Crippen molar-refractivity contribution in [2.24, 2.45) is 0 Å². The van der Waals surface area contributed by atoms with Gasteiger partial charge in [0.2, 0.25) is 0 Å². The smallest absolute Gasteiger partial charge is 0.416 e. The lowest BCUT2D eigenvalue weighted by atomic mass is 10.1. The molecule has 0 atom stereocenters. The van der Waals surface area contributed by atoms with Gasteiger partial charge in [0.1, 0.15) is 0 Å². The van der Waals surface area contributed by atoms with Gasteiger partial charge in [-0.1, -0.05) is 18.2 Å². The van der Waals surface area contributed by atoms with Gasteiger partial charge < -0.3 is 8.23 Å². The molecule has 1 rings (SSSR count). The van der Waals surface area contributed by atoms with E-state index in [4.69, 9.17) is 8.23 Å². The van der Waals surface area contributed by atoms with Gasteiger partial charge in [-0.05, 0) is 69.2 Å². The predicted octanol–water partition coefficient (Wildman–Crippen LogP) is 6.03. The zero-order valence-electron chi connectivity index (χ0n) is 15.4. The van der Waals surface area contributed by atoms with Gasteiger partial charge in [-0.25, -0.2) is 0 Å². The van der Waals surface area contributed by atoms with E-state index < -0.39 is 36.9 Å². The first-order chi connectivity index (χ1) is 10.6. The normalized spacial score (nSPS) is 14.4. The number of rotatable bonds is 6. The molecule has 0 saturated carbocycles. The van der Waals surface area contributed by atoms with Crippen LogP contribution in [0.3, 0.4) is 0 Å². The van der Waals surface area contributed by atoms with Gasteiger partial charge in [-0.3, -0.25) is 0 Å². The molecule has 0 unspecified atom stereocenters. The zero-order valence-corrected chi connectivity index (χ0v) is 18.4. The largest absolute Gasteiger partial charge is 0.434 e. The monoisotopic (exact) mass is 392 g/mol. The van der Waals surface area contributed by atoms with Crippen molar-refractivity contribution in [2.45, 2.75) is 52.0 Å². The first-order valence-corrected chi connectivity index (χ1v) is 17.1. The summed E-state index contributed by atoms with van der Waals surface area (Å²) in [5, 5.41) is 0. The molecule has 0 aliphatic carbocycles. The predicted molar refractivity (Wildman–Crippen MR) is 101 cm³/mol. The third-order valence-electron chi connectivity index (χ3n) is 2.83. The van der Waals surface area contributed by atoms with Gasteiger partial charge in [-0.2, -0.15) is 13.2 Å². The Morgan fingerprint density at radius 3 is 1.54 bits per heavy atom. The highest BCUT2D eigenvalue weighted by Crippen LogP contribution is 2.29. The quantitative estimate of drug-likeness (QED) is 0.550. The van der Waals surface area contributed by atoms with E-state index in [1.807, 2.05) is 18.3 Å². The number of benzene rings is 1. The Bertz CT molecular complexity index is 554. The van der Waals surface area contributed by atoms with E-state index in [-0.39, 0.29) is 0 Å².